The van der Waals surface area contributed by atoms with Gasteiger partial charge in [0.1, 0.15) is 12.6 Å². The van der Waals surface area contributed by atoms with Crippen LogP contribution in [0.3, 0.4) is 0 Å². The van der Waals surface area contributed by atoms with Crippen molar-refractivity contribution in [2.24, 2.45) is 0 Å². The predicted molar refractivity (Wildman–Crippen MR) is 95.4 cm³/mol. The average molecular weight is 334 g/mol. The monoisotopic (exact) mass is 334 g/mol. The lowest BCUT2D eigenvalue weighted by Crippen LogP contribution is -2.53. The van der Waals surface area contributed by atoms with Crippen LogP contribution in [-0.2, 0) is 16.2 Å². The van der Waals surface area contributed by atoms with Gasteiger partial charge in [-0.25, -0.2) is 5.06 Å². The zero-order chi connectivity index (χ0) is 17.4. The molecule has 6 heteroatoms. The zero-order valence-corrected chi connectivity index (χ0v) is 15.0. The molecular formula is C18H30N4O2. The van der Waals surface area contributed by atoms with Gasteiger partial charge < -0.3 is 10.6 Å². The van der Waals surface area contributed by atoms with Gasteiger partial charge in [-0.15, -0.1) is 0 Å². The van der Waals surface area contributed by atoms with Crippen LogP contribution in [0.4, 0.5) is 0 Å². The van der Waals surface area contributed by atoms with E-state index in [-0.39, 0.29) is 18.0 Å². The number of benzene rings is 1. The Morgan fingerprint density at radius 1 is 1.25 bits per heavy atom. The second kappa shape index (κ2) is 9.74. The molecule has 1 amide bonds. The molecule has 1 unspecified atom stereocenters. The van der Waals surface area contributed by atoms with Crippen LogP contribution in [0.25, 0.3) is 0 Å². The van der Waals surface area contributed by atoms with Gasteiger partial charge in [0.05, 0.1) is 6.04 Å². The Morgan fingerprint density at radius 3 is 2.67 bits per heavy atom. The number of nitrogens with zero attached hydrogens (tertiary/aromatic N) is 2. The third-order valence-electron chi connectivity index (χ3n) is 4.17. The topological polar surface area (TPSA) is 56.8 Å². The molecule has 6 nitrogen and oxygen atoms in total. The van der Waals surface area contributed by atoms with Crippen LogP contribution in [0.1, 0.15) is 19.4 Å². The van der Waals surface area contributed by atoms with Crippen LogP contribution in [0.15, 0.2) is 30.3 Å². The molecule has 0 radical (unpaired) electrons. The Balaban J connectivity index is 2.02. The molecule has 1 heterocycles. The molecule has 1 fully saturated rings. The van der Waals surface area contributed by atoms with Crippen molar-refractivity contribution in [1.29, 1.82) is 0 Å². The number of rotatable bonds is 5. The Morgan fingerprint density at radius 2 is 1.96 bits per heavy atom. The molecule has 0 bridgehead atoms. The number of amides is 1. The summed E-state index contributed by atoms with van der Waals surface area (Å²) in [6.07, 6.45) is 0. The van der Waals surface area contributed by atoms with Crippen molar-refractivity contribution >= 4 is 5.91 Å². The lowest BCUT2D eigenvalue weighted by molar-refractivity contribution is -0.206. The molecule has 0 saturated carbocycles. The number of carbonyl (C=O) groups excluding carboxylic acids is 1. The maximum atomic E-state index is 13.0. The largest absolute Gasteiger partial charge is 0.314 e. The Bertz CT molecular complexity index is 495. The molecule has 1 aromatic rings. The maximum absolute atomic E-state index is 13.0. The highest BCUT2D eigenvalue weighted by atomic mass is 16.7. The normalized spacial score (nSPS) is 20.2. The number of nitrogens with one attached hydrogen (secondary N) is 2. The van der Waals surface area contributed by atoms with Crippen molar-refractivity contribution in [2.45, 2.75) is 32.5 Å². The first-order chi connectivity index (χ1) is 11.6. The molecule has 1 saturated heterocycles. The van der Waals surface area contributed by atoms with Crippen LogP contribution in [-0.4, -0.2) is 67.7 Å². The van der Waals surface area contributed by atoms with Crippen molar-refractivity contribution in [1.82, 2.24) is 20.6 Å². The number of carbonyl (C=O) groups is 1. The summed E-state index contributed by atoms with van der Waals surface area (Å²) >= 11 is 0. The quantitative estimate of drug-likeness (QED) is 0.782. The summed E-state index contributed by atoms with van der Waals surface area (Å²) in [6, 6.07) is 9.70. The van der Waals surface area contributed by atoms with Crippen molar-refractivity contribution in [2.75, 3.05) is 39.8 Å². The van der Waals surface area contributed by atoms with Gasteiger partial charge in [0, 0.05) is 32.7 Å². The number of hydrogen-bond acceptors (Lipinski definition) is 5. The number of likely N-dealkylation sites (N-methyl/N-ethyl adjacent to an activating group) is 1. The first kappa shape index (κ1) is 18.9. The van der Waals surface area contributed by atoms with Crippen molar-refractivity contribution in [3.05, 3.63) is 35.9 Å². The molecule has 1 atom stereocenters. The Labute approximate surface area is 145 Å². The molecule has 134 valence electrons. The van der Waals surface area contributed by atoms with Gasteiger partial charge in [0.2, 0.25) is 0 Å². The molecular weight excluding hydrogens is 304 g/mol. The smallest absolute Gasteiger partial charge is 0.265 e. The molecule has 1 aliphatic rings. The van der Waals surface area contributed by atoms with E-state index in [0.717, 1.165) is 31.7 Å². The van der Waals surface area contributed by atoms with E-state index >= 15 is 0 Å². The fourth-order valence-electron chi connectivity index (χ4n) is 2.72. The van der Waals surface area contributed by atoms with Crippen molar-refractivity contribution in [3.8, 4) is 0 Å². The fourth-order valence-corrected chi connectivity index (χ4v) is 2.72. The molecule has 0 aromatic heterocycles. The van der Waals surface area contributed by atoms with E-state index in [0.29, 0.717) is 13.2 Å². The third-order valence-corrected chi connectivity index (χ3v) is 4.17. The van der Waals surface area contributed by atoms with E-state index in [1.54, 1.807) is 0 Å². The summed E-state index contributed by atoms with van der Waals surface area (Å²) < 4.78 is 0. The molecule has 2 rings (SSSR count). The summed E-state index contributed by atoms with van der Waals surface area (Å²) in [5.74, 6) is 0.0119. The molecule has 1 aromatic carbocycles. The minimum atomic E-state index is -0.219. The summed E-state index contributed by atoms with van der Waals surface area (Å²) in [4.78, 5) is 21.0. The zero-order valence-electron chi connectivity index (χ0n) is 15.0. The molecule has 24 heavy (non-hydrogen) atoms. The lowest BCUT2D eigenvalue weighted by Gasteiger charge is -2.33. The second-order valence-electron chi connectivity index (χ2n) is 6.47. The Kier molecular flexibility index (Phi) is 7.65. The van der Waals surface area contributed by atoms with E-state index < -0.39 is 0 Å². The van der Waals surface area contributed by atoms with Crippen LogP contribution in [0, 0.1) is 0 Å². The maximum Gasteiger partial charge on any atom is 0.265 e. The molecule has 0 aliphatic carbocycles. The predicted octanol–water partition coefficient (Wildman–Crippen LogP) is 0.848. The number of hydrogen-bond donors (Lipinski definition) is 2. The van der Waals surface area contributed by atoms with E-state index in [1.807, 2.05) is 51.2 Å². The lowest BCUT2D eigenvalue weighted by atomic mass is 10.2. The van der Waals surface area contributed by atoms with E-state index in [2.05, 4.69) is 15.5 Å². The minimum Gasteiger partial charge on any atom is -0.314 e. The van der Waals surface area contributed by atoms with Crippen LogP contribution < -0.4 is 10.6 Å². The van der Waals surface area contributed by atoms with Gasteiger partial charge in [-0.2, -0.15) is 0 Å². The third kappa shape index (κ3) is 5.56. The fraction of sp³-hybridized carbons (Fsp3) is 0.611. The van der Waals surface area contributed by atoms with E-state index in [4.69, 9.17) is 4.84 Å². The second-order valence-corrected chi connectivity index (χ2v) is 6.47. The van der Waals surface area contributed by atoms with Gasteiger partial charge in [0.15, 0.2) is 0 Å². The molecule has 1 aliphatic heterocycles. The minimum absolute atomic E-state index is 0.0119. The molecule has 2 N–H and O–H groups in total. The highest BCUT2D eigenvalue weighted by molar-refractivity contribution is 5.81. The average Bonchev–Trinajstić information content (AvgIpc) is 2.67. The standard InChI is InChI=1S/C18H30N4O2/c1-15(2)22(24-14-16-7-5-4-6-8-16)18(23)17-13-20-10-9-19-11-12-21(17)3/h4-8,15,17,19-20H,9-14H2,1-3H3. The van der Waals surface area contributed by atoms with E-state index in [9.17, 15) is 4.79 Å². The van der Waals surface area contributed by atoms with E-state index in [1.165, 1.54) is 5.06 Å². The highest BCUT2D eigenvalue weighted by Gasteiger charge is 2.30. The van der Waals surface area contributed by atoms with Crippen LogP contribution in [0.5, 0.6) is 0 Å². The van der Waals surface area contributed by atoms with Gasteiger partial charge in [-0.05, 0) is 26.5 Å². The first-order valence-corrected chi connectivity index (χ1v) is 8.71. The molecule has 0 spiro atoms. The van der Waals surface area contributed by atoms with Gasteiger partial charge in [-0.1, -0.05) is 30.3 Å². The highest BCUT2D eigenvalue weighted by Crippen LogP contribution is 2.11. The first-order valence-electron chi connectivity index (χ1n) is 8.71. The van der Waals surface area contributed by atoms with Crippen LogP contribution in [0.2, 0.25) is 0 Å². The van der Waals surface area contributed by atoms with Crippen molar-refractivity contribution in [3.63, 3.8) is 0 Å². The summed E-state index contributed by atoms with van der Waals surface area (Å²) in [5.41, 5.74) is 1.06. The van der Waals surface area contributed by atoms with Crippen LogP contribution >= 0.6 is 0 Å². The van der Waals surface area contributed by atoms with Gasteiger partial charge >= 0.3 is 0 Å². The summed E-state index contributed by atoms with van der Waals surface area (Å²) in [6.45, 7) is 8.50. The Hall–Kier alpha value is -1.47. The summed E-state index contributed by atoms with van der Waals surface area (Å²) in [5, 5.41) is 8.23. The summed E-state index contributed by atoms with van der Waals surface area (Å²) in [7, 11) is 1.99. The van der Waals surface area contributed by atoms with Crippen molar-refractivity contribution < 1.29 is 9.63 Å². The van der Waals surface area contributed by atoms with Gasteiger partial charge in [-0.3, -0.25) is 14.5 Å². The SMILES string of the molecule is CC(C)N(OCc1ccccc1)C(=O)C1CNCCNCCN1C. The number of hydroxylamine groups is 2. The van der Waals surface area contributed by atoms with Gasteiger partial charge in [0.25, 0.3) is 5.91 Å².